The fourth-order valence-electron chi connectivity index (χ4n) is 2.36. The van der Waals surface area contributed by atoms with E-state index in [2.05, 4.69) is 0 Å². The fourth-order valence-corrected chi connectivity index (χ4v) is 4.46. The van der Waals surface area contributed by atoms with E-state index in [4.69, 9.17) is 22.1 Å². The predicted molar refractivity (Wildman–Crippen MR) is 97.9 cm³/mol. The number of nitrogens with zero attached hydrogens (tertiary/aromatic N) is 1. The van der Waals surface area contributed by atoms with Gasteiger partial charge >= 0.3 is 0 Å². The van der Waals surface area contributed by atoms with Crippen molar-refractivity contribution in [2.75, 3.05) is 17.2 Å². The van der Waals surface area contributed by atoms with Gasteiger partial charge in [-0.15, -0.1) is 23.1 Å². The Morgan fingerprint density at radius 2 is 2.12 bits per heavy atom. The van der Waals surface area contributed by atoms with E-state index in [-0.39, 0.29) is 12.5 Å². The molecule has 0 saturated heterocycles. The van der Waals surface area contributed by atoms with Gasteiger partial charge in [-0.1, -0.05) is 23.7 Å². The summed E-state index contributed by atoms with van der Waals surface area (Å²) >= 11 is 8.92. The first-order valence-corrected chi connectivity index (χ1v) is 9.57. The Morgan fingerprint density at radius 3 is 2.83 bits per heavy atom. The molecule has 1 atom stereocenters. The Bertz CT molecular complexity index is 765. The molecule has 0 bridgehead atoms. The first-order valence-electron chi connectivity index (χ1n) is 7.22. The Kier molecular flexibility index (Phi) is 5.33. The van der Waals surface area contributed by atoms with E-state index in [1.165, 1.54) is 23.1 Å². The second-order valence-electron chi connectivity index (χ2n) is 5.18. The summed E-state index contributed by atoms with van der Waals surface area (Å²) in [5.41, 5.74) is 6.01. The smallest absolute Gasteiger partial charge is 0.260 e. The maximum absolute atomic E-state index is 12.6. The van der Waals surface area contributed by atoms with Gasteiger partial charge in [-0.2, -0.15) is 0 Å². The van der Waals surface area contributed by atoms with Gasteiger partial charge in [0.05, 0.1) is 22.3 Å². The van der Waals surface area contributed by atoms with Crippen LogP contribution >= 0.6 is 34.7 Å². The largest absolute Gasteiger partial charge is 0.477 e. The number of fused-ring (bicyclic) bond motifs is 1. The molecule has 5 nitrogen and oxygen atoms in total. The summed E-state index contributed by atoms with van der Waals surface area (Å²) in [5, 5.41) is 0. The first kappa shape index (κ1) is 17.1. The van der Waals surface area contributed by atoms with Crippen LogP contribution in [0.4, 0.5) is 5.69 Å². The minimum Gasteiger partial charge on any atom is -0.477 e. The summed E-state index contributed by atoms with van der Waals surface area (Å²) in [6.07, 6.45) is -0.829. The quantitative estimate of drug-likeness (QED) is 0.862. The number of rotatable bonds is 5. The SMILES string of the molecule is NC(=O)[C@H]1CN(C(=O)CSCc2ccc(Cl)s2)c2ccccc2O1. The molecule has 1 aliphatic heterocycles. The molecule has 1 aromatic heterocycles. The number of anilines is 1. The highest BCUT2D eigenvalue weighted by Gasteiger charge is 2.32. The number of amides is 2. The lowest BCUT2D eigenvalue weighted by molar-refractivity contribution is -0.125. The lowest BCUT2D eigenvalue weighted by Crippen LogP contribution is -2.49. The zero-order valence-corrected chi connectivity index (χ0v) is 15.0. The zero-order valence-electron chi connectivity index (χ0n) is 12.6. The molecule has 1 aliphatic rings. The number of benzene rings is 1. The van der Waals surface area contributed by atoms with Crippen molar-refractivity contribution >= 4 is 52.2 Å². The molecule has 8 heteroatoms. The summed E-state index contributed by atoms with van der Waals surface area (Å²) in [7, 11) is 0. The molecule has 0 radical (unpaired) electrons. The van der Waals surface area contributed by atoms with Crippen LogP contribution in [-0.2, 0) is 15.3 Å². The van der Waals surface area contributed by atoms with Crippen LogP contribution in [0.15, 0.2) is 36.4 Å². The fraction of sp³-hybridized carbons (Fsp3) is 0.250. The molecule has 0 saturated carbocycles. The van der Waals surface area contributed by atoms with Gasteiger partial charge in [0, 0.05) is 10.6 Å². The number of carbonyl (C=O) groups is 2. The number of para-hydroxylation sites is 2. The second-order valence-corrected chi connectivity index (χ2v) is 7.96. The molecule has 0 unspecified atom stereocenters. The van der Waals surface area contributed by atoms with E-state index < -0.39 is 12.0 Å². The average Bonchev–Trinajstić information content (AvgIpc) is 2.99. The van der Waals surface area contributed by atoms with Gasteiger partial charge in [0.15, 0.2) is 6.10 Å². The monoisotopic (exact) mass is 382 g/mol. The lowest BCUT2D eigenvalue weighted by atomic mass is 10.2. The van der Waals surface area contributed by atoms with E-state index in [9.17, 15) is 9.59 Å². The minimum atomic E-state index is -0.829. The highest BCUT2D eigenvalue weighted by atomic mass is 35.5. The zero-order chi connectivity index (χ0) is 17.1. The van der Waals surface area contributed by atoms with Crippen molar-refractivity contribution in [3.63, 3.8) is 0 Å². The van der Waals surface area contributed by atoms with Crippen molar-refractivity contribution in [3.05, 3.63) is 45.6 Å². The highest BCUT2D eigenvalue weighted by Crippen LogP contribution is 2.33. The summed E-state index contributed by atoms with van der Waals surface area (Å²) in [6, 6.07) is 10.9. The molecule has 1 aromatic carbocycles. The molecule has 0 fully saturated rings. The van der Waals surface area contributed by atoms with Crippen molar-refractivity contribution in [2.45, 2.75) is 11.9 Å². The number of halogens is 1. The van der Waals surface area contributed by atoms with E-state index in [1.807, 2.05) is 18.2 Å². The van der Waals surface area contributed by atoms with Crippen molar-refractivity contribution in [1.29, 1.82) is 0 Å². The van der Waals surface area contributed by atoms with Crippen LogP contribution in [0.1, 0.15) is 4.88 Å². The number of hydrogen-bond acceptors (Lipinski definition) is 5. The molecule has 3 rings (SSSR count). The lowest BCUT2D eigenvalue weighted by Gasteiger charge is -2.33. The number of carbonyl (C=O) groups excluding carboxylic acids is 2. The number of primary amides is 1. The van der Waals surface area contributed by atoms with E-state index in [1.54, 1.807) is 23.1 Å². The molecule has 24 heavy (non-hydrogen) atoms. The van der Waals surface area contributed by atoms with Crippen LogP contribution in [0, 0.1) is 0 Å². The third kappa shape index (κ3) is 3.85. The Hall–Kier alpha value is -1.70. The predicted octanol–water partition coefficient (Wildman–Crippen LogP) is 2.91. The minimum absolute atomic E-state index is 0.0790. The summed E-state index contributed by atoms with van der Waals surface area (Å²) < 4.78 is 6.30. The molecule has 2 heterocycles. The van der Waals surface area contributed by atoms with Crippen molar-refractivity contribution in [3.8, 4) is 5.75 Å². The van der Waals surface area contributed by atoms with Crippen LogP contribution in [0.2, 0.25) is 4.34 Å². The molecule has 2 aromatic rings. The Balaban J connectivity index is 1.67. The van der Waals surface area contributed by atoms with Crippen LogP contribution in [-0.4, -0.2) is 30.2 Å². The molecule has 126 valence electrons. The molecule has 0 aliphatic carbocycles. The number of thiophene rings is 1. The van der Waals surface area contributed by atoms with Crippen LogP contribution < -0.4 is 15.4 Å². The molecule has 2 N–H and O–H groups in total. The summed E-state index contributed by atoms with van der Waals surface area (Å²) in [4.78, 5) is 26.8. The third-order valence-corrected chi connectivity index (χ3v) is 5.87. The Morgan fingerprint density at radius 1 is 1.33 bits per heavy atom. The number of ether oxygens (including phenoxy) is 1. The van der Waals surface area contributed by atoms with Gasteiger partial charge in [-0.3, -0.25) is 9.59 Å². The second kappa shape index (κ2) is 7.46. The number of nitrogens with two attached hydrogens (primary N) is 1. The number of hydrogen-bond donors (Lipinski definition) is 1. The first-order chi connectivity index (χ1) is 11.5. The highest BCUT2D eigenvalue weighted by molar-refractivity contribution is 7.99. The Labute approximate surface area is 152 Å². The standard InChI is InChI=1S/C16H15ClN2O3S2/c17-14-6-5-10(24-14)8-23-9-15(20)19-7-13(16(18)21)22-12-4-2-1-3-11(12)19/h1-6,13H,7-9H2,(H2,18,21)/t13-/m1/s1. The third-order valence-electron chi connectivity index (χ3n) is 3.49. The van der Waals surface area contributed by atoms with Crippen LogP contribution in [0.25, 0.3) is 0 Å². The molecule has 2 amide bonds. The van der Waals surface area contributed by atoms with E-state index in [0.29, 0.717) is 22.9 Å². The molecular weight excluding hydrogens is 368 g/mol. The van der Waals surface area contributed by atoms with Gasteiger partial charge < -0.3 is 15.4 Å². The van der Waals surface area contributed by atoms with Crippen molar-refractivity contribution in [2.24, 2.45) is 5.73 Å². The van der Waals surface area contributed by atoms with Crippen LogP contribution in [0.3, 0.4) is 0 Å². The van der Waals surface area contributed by atoms with E-state index >= 15 is 0 Å². The normalized spacial score (nSPS) is 16.4. The topological polar surface area (TPSA) is 72.6 Å². The van der Waals surface area contributed by atoms with Crippen molar-refractivity contribution in [1.82, 2.24) is 0 Å². The van der Waals surface area contributed by atoms with Gasteiger partial charge in [0.25, 0.3) is 5.91 Å². The van der Waals surface area contributed by atoms with Gasteiger partial charge in [0.1, 0.15) is 5.75 Å². The van der Waals surface area contributed by atoms with Crippen LogP contribution in [0.5, 0.6) is 5.75 Å². The van der Waals surface area contributed by atoms with Gasteiger partial charge in [-0.25, -0.2) is 0 Å². The van der Waals surface area contributed by atoms with Crippen molar-refractivity contribution < 1.29 is 14.3 Å². The number of thioether (sulfide) groups is 1. The maximum Gasteiger partial charge on any atom is 0.260 e. The summed E-state index contributed by atoms with van der Waals surface area (Å²) in [5.74, 6) is 0.854. The van der Waals surface area contributed by atoms with Gasteiger partial charge in [0.2, 0.25) is 5.91 Å². The average molecular weight is 383 g/mol. The van der Waals surface area contributed by atoms with Gasteiger partial charge in [-0.05, 0) is 24.3 Å². The van der Waals surface area contributed by atoms with E-state index in [0.717, 1.165) is 9.21 Å². The molecular formula is C16H15ClN2O3S2. The summed E-state index contributed by atoms with van der Waals surface area (Å²) in [6.45, 7) is 0.135. The maximum atomic E-state index is 12.6. The molecule has 0 spiro atoms.